The summed E-state index contributed by atoms with van der Waals surface area (Å²) < 4.78 is 31.2. The van der Waals surface area contributed by atoms with Crippen molar-refractivity contribution in [3.05, 3.63) is 101 Å². The molecule has 0 unspecified atom stereocenters. The third kappa shape index (κ3) is 4.14. The van der Waals surface area contributed by atoms with Gasteiger partial charge in [-0.25, -0.2) is 13.2 Å². The summed E-state index contributed by atoms with van der Waals surface area (Å²) in [6.07, 6.45) is 3.80. The summed E-state index contributed by atoms with van der Waals surface area (Å²) in [5, 5.41) is 0.812. The predicted molar refractivity (Wildman–Crippen MR) is 126 cm³/mol. The lowest BCUT2D eigenvalue weighted by atomic mass is 9.90. The van der Waals surface area contributed by atoms with Gasteiger partial charge in [0.1, 0.15) is 6.61 Å². The topological polar surface area (TPSA) is 73.3 Å². The van der Waals surface area contributed by atoms with E-state index < -0.39 is 9.84 Å². The minimum Gasteiger partial charge on any atom is -0.457 e. The Kier molecular flexibility index (Phi) is 5.68. The number of fused-ring (bicyclic) bond motifs is 2. The SMILES string of the molecule is O=C(OCc1ccc(S(=O)(=O)c2ccccc2)cc1)c1c2c(nc3ccccc13)CCCC2. The van der Waals surface area contributed by atoms with E-state index >= 15 is 0 Å². The molecule has 0 atom stereocenters. The van der Waals surface area contributed by atoms with Gasteiger partial charge in [-0.1, -0.05) is 48.5 Å². The lowest BCUT2D eigenvalue weighted by Crippen LogP contribution is -2.15. The first-order chi connectivity index (χ1) is 16.0. The molecule has 0 bridgehead atoms. The fraction of sp³-hybridized carbons (Fsp3) is 0.185. The first kappa shape index (κ1) is 21.3. The van der Waals surface area contributed by atoms with Crippen LogP contribution in [0.3, 0.4) is 0 Å². The highest BCUT2D eigenvalue weighted by Gasteiger charge is 2.24. The Bertz CT molecular complexity index is 1430. The maximum Gasteiger partial charge on any atom is 0.339 e. The molecule has 0 saturated carbocycles. The zero-order chi connectivity index (χ0) is 22.8. The lowest BCUT2D eigenvalue weighted by Gasteiger charge is -2.20. The van der Waals surface area contributed by atoms with Crippen molar-refractivity contribution in [3.8, 4) is 0 Å². The minimum absolute atomic E-state index is 0.0654. The van der Waals surface area contributed by atoms with Gasteiger partial charge >= 0.3 is 5.97 Å². The molecule has 0 spiro atoms. The number of hydrogen-bond donors (Lipinski definition) is 0. The standard InChI is InChI=1S/C27H23NO4S/c29-27(26-22-10-4-6-12-24(22)28-25-13-7-5-11-23(25)26)32-18-19-14-16-21(17-15-19)33(30,31)20-8-2-1-3-9-20/h1-4,6,8-10,12,14-17H,5,7,11,13,18H2. The summed E-state index contributed by atoms with van der Waals surface area (Å²) in [6, 6.07) is 22.5. The van der Waals surface area contributed by atoms with E-state index in [1.807, 2.05) is 24.3 Å². The molecule has 4 aromatic rings. The number of hydrogen-bond acceptors (Lipinski definition) is 5. The largest absolute Gasteiger partial charge is 0.457 e. The summed E-state index contributed by atoms with van der Waals surface area (Å²) in [4.78, 5) is 18.4. The van der Waals surface area contributed by atoms with Gasteiger partial charge in [0.2, 0.25) is 9.84 Å². The molecule has 5 rings (SSSR count). The molecule has 33 heavy (non-hydrogen) atoms. The number of benzene rings is 3. The van der Waals surface area contributed by atoms with Gasteiger partial charge in [0.25, 0.3) is 0 Å². The van der Waals surface area contributed by atoms with Crippen molar-refractivity contribution in [2.45, 2.75) is 42.1 Å². The molecule has 1 aliphatic carbocycles. The van der Waals surface area contributed by atoms with Gasteiger partial charge in [0.15, 0.2) is 0 Å². The van der Waals surface area contributed by atoms with Crippen LogP contribution in [0, 0.1) is 0 Å². The highest BCUT2D eigenvalue weighted by Crippen LogP contribution is 2.30. The van der Waals surface area contributed by atoms with Crippen molar-refractivity contribution < 1.29 is 17.9 Å². The van der Waals surface area contributed by atoms with Gasteiger partial charge in [-0.15, -0.1) is 0 Å². The number of ether oxygens (including phenoxy) is 1. The molecule has 0 amide bonds. The number of esters is 1. The van der Waals surface area contributed by atoms with Gasteiger partial charge in [0, 0.05) is 11.1 Å². The molecular weight excluding hydrogens is 434 g/mol. The van der Waals surface area contributed by atoms with Crippen molar-refractivity contribution in [2.24, 2.45) is 0 Å². The molecule has 6 heteroatoms. The maximum atomic E-state index is 13.2. The quantitative estimate of drug-likeness (QED) is 0.380. The number of aromatic nitrogens is 1. The minimum atomic E-state index is -3.58. The van der Waals surface area contributed by atoms with Crippen LogP contribution >= 0.6 is 0 Å². The number of nitrogens with zero attached hydrogens (tertiary/aromatic N) is 1. The molecule has 0 aliphatic heterocycles. The van der Waals surface area contributed by atoms with E-state index in [9.17, 15) is 13.2 Å². The molecule has 1 aliphatic rings. The zero-order valence-electron chi connectivity index (χ0n) is 18.0. The van der Waals surface area contributed by atoms with Gasteiger partial charge in [-0.3, -0.25) is 4.98 Å². The summed E-state index contributed by atoms with van der Waals surface area (Å²) in [5.41, 5.74) is 4.12. The fourth-order valence-corrected chi connectivity index (χ4v) is 5.61. The van der Waals surface area contributed by atoms with Crippen LogP contribution in [0.5, 0.6) is 0 Å². The Hall–Kier alpha value is -3.51. The van der Waals surface area contributed by atoms with Crippen molar-refractivity contribution in [1.29, 1.82) is 0 Å². The number of carbonyl (C=O) groups excluding carboxylic acids is 1. The second kappa shape index (κ2) is 8.79. The van der Waals surface area contributed by atoms with Crippen LogP contribution in [-0.2, 0) is 34.0 Å². The second-order valence-electron chi connectivity index (χ2n) is 8.17. The summed E-state index contributed by atoms with van der Waals surface area (Å²) >= 11 is 0. The number of carbonyl (C=O) groups is 1. The molecule has 0 saturated heterocycles. The van der Waals surface area contributed by atoms with E-state index in [-0.39, 0.29) is 22.4 Å². The first-order valence-electron chi connectivity index (χ1n) is 11.0. The van der Waals surface area contributed by atoms with Gasteiger partial charge in [-0.2, -0.15) is 0 Å². The molecular formula is C27H23NO4S. The summed E-state index contributed by atoms with van der Waals surface area (Å²) in [6.45, 7) is 0.0654. The molecule has 5 nitrogen and oxygen atoms in total. The van der Waals surface area contributed by atoms with E-state index in [0.717, 1.165) is 53.4 Å². The third-order valence-corrected chi connectivity index (χ3v) is 7.82. The normalized spacial score (nSPS) is 13.5. The predicted octanol–water partition coefficient (Wildman–Crippen LogP) is 5.30. The van der Waals surface area contributed by atoms with E-state index in [0.29, 0.717) is 5.56 Å². The Morgan fingerprint density at radius 3 is 2.27 bits per heavy atom. The molecule has 1 heterocycles. The monoisotopic (exact) mass is 457 g/mol. The molecule has 1 aromatic heterocycles. The first-order valence-corrected chi connectivity index (χ1v) is 12.5. The van der Waals surface area contributed by atoms with Gasteiger partial charge in [-0.05, 0) is 67.1 Å². The molecule has 166 valence electrons. The van der Waals surface area contributed by atoms with Crippen molar-refractivity contribution in [2.75, 3.05) is 0 Å². The third-order valence-electron chi connectivity index (χ3n) is 6.03. The number of sulfone groups is 1. The average molecular weight is 458 g/mol. The van der Waals surface area contributed by atoms with E-state index in [1.54, 1.807) is 54.6 Å². The van der Waals surface area contributed by atoms with Gasteiger partial charge in [0.05, 0.1) is 20.9 Å². The molecule has 0 radical (unpaired) electrons. The van der Waals surface area contributed by atoms with Crippen LogP contribution in [0.4, 0.5) is 0 Å². The second-order valence-corrected chi connectivity index (χ2v) is 10.1. The Morgan fingerprint density at radius 2 is 1.48 bits per heavy atom. The van der Waals surface area contributed by atoms with Crippen molar-refractivity contribution in [3.63, 3.8) is 0 Å². The zero-order valence-corrected chi connectivity index (χ0v) is 18.8. The van der Waals surface area contributed by atoms with Crippen LogP contribution < -0.4 is 0 Å². The summed E-state index contributed by atoms with van der Waals surface area (Å²) in [5.74, 6) is -0.368. The molecule has 0 N–H and O–H groups in total. The Balaban J connectivity index is 1.38. The maximum absolute atomic E-state index is 13.2. The van der Waals surface area contributed by atoms with Crippen molar-refractivity contribution in [1.82, 2.24) is 4.98 Å². The van der Waals surface area contributed by atoms with Crippen molar-refractivity contribution >= 4 is 26.7 Å². The fourth-order valence-electron chi connectivity index (χ4n) is 4.33. The Labute approximate surface area is 193 Å². The van der Waals surface area contributed by atoms with E-state index in [1.165, 1.54) is 0 Å². The highest BCUT2D eigenvalue weighted by atomic mass is 32.2. The lowest BCUT2D eigenvalue weighted by molar-refractivity contribution is 0.0473. The van der Waals surface area contributed by atoms with Crippen LogP contribution in [-0.4, -0.2) is 19.4 Å². The number of aryl methyl sites for hydroxylation is 1. The number of para-hydroxylation sites is 1. The number of rotatable bonds is 5. The van der Waals surface area contributed by atoms with Crippen LogP contribution in [0.15, 0.2) is 88.7 Å². The van der Waals surface area contributed by atoms with Gasteiger partial charge < -0.3 is 4.74 Å². The van der Waals surface area contributed by atoms with Crippen LogP contribution in [0.25, 0.3) is 10.9 Å². The Morgan fingerprint density at radius 1 is 0.818 bits per heavy atom. The molecule has 0 fully saturated rings. The van der Waals surface area contributed by atoms with E-state index in [4.69, 9.17) is 9.72 Å². The number of pyridine rings is 1. The smallest absolute Gasteiger partial charge is 0.339 e. The van der Waals surface area contributed by atoms with E-state index in [2.05, 4.69) is 0 Å². The highest BCUT2D eigenvalue weighted by molar-refractivity contribution is 7.91. The van der Waals surface area contributed by atoms with Crippen LogP contribution in [0.1, 0.15) is 40.0 Å². The summed E-state index contributed by atoms with van der Waals surface area (Å²) in [7, 11) is -3.58. The molecule has 3 aromatic carbocycles. The van der Waals surface area contributed by atoms with Crippen LogP contribution in [0.2, 0.25) is 0 Å². The average Bonchev–Trinajstić information content (AvgIpc) is 2.86.